The summed E-state index contributed by atoms with van der Waals surface area (Å²) in [6.07, 6.45) is 1.38. The first-order valence-corrected chi connectivity index (χ1v) is 11.3. The van der Waals surface area contributed by atoms with Gasteiger partial charge >= 0.3 is 0 Å². The molecule has 2 heterocycles. The van der Waals surface area contributed by atoms with Crippen LogP contribution >= 0.6 is 22.9 Å². The van der Waals surface area contributed by atoms with Crippen LogP contribution in [-0.2, 0) is 10.0 Å². The van der Waals surface area contributed by atoms with Crippen LogP contribution in [0.5, 0.6) is 0 Å². The normalized spacial score (nSPS) is 15.7. The molecule has 0 bridgehead atoms. The number of hydrogen-bond donors (Lipinski definition) is 0. The minimum atomic E-state index is -3.61. The molecule has 4 rings (SSSR count). The fraction of sp³-hybridized carbons (Fsp3) is 0.211. The van der Waals surface area contributed by atoms with Crippen molar-refractivity contribution in [3.05, 3.63) is 65.6 Å². The van der Waals surface area contributed by atoms with Gasteiger partial charge in [-0.1, -0.05) is 17.7 Å². The molecule has 0 unspecified atom stereocenters. The van der Waals surface area contributed by atoms with E-state index in [0.29, 0.717) is 41.8 Å². The van der Waals surface area contributed by atoms with Gasteiger partial charge in [-0.2, -0.15) is 4.31 Å². The molecule has 1 fully saturated rings. The minimum Gasteiger partial charge on any atom is -0.369 e. The Labute approximate surface area is 172 Å². The first-order valence-electron chi connectivity index (χ1n) is 8.66. The Morgan fingerprint density at radius 2 is 1.75 bits per heavy atom. The predicted octanol–water partition coefficient (Wildman–Crippen LogP) is 4.11. The maximum absolute atomic E-state index is 13.1. The van der Waals surface area contributed by atoms with Crippen LogP contribution in [0.2, 0.25) is 5.02 Å². The average Bonchev–Trinajstić information content (AvgIpc) is 3.20. The van der Waals surface area contributed by atoms with Gasteiger partial charge in [-0.15, -0.1) is 11.3 Å². The molecule has 0 saturated carbocycles. The smallest absolute Gasteiger partial charge is 0.254 e. The van der Waals surface area contributed by atoms with Gasteiger partial charge in [-0.25, -0.2) is 17.8 Å². The lowest BCUT2D eigenvalue weighted by atomic mass is 10.2. The monoisotopic (exact) mass is 437 g/mol. The highest BCUT2D eigenvalue weighted by Crippen LogP contribution is 2.31. The first-order chi connectivity index (χ1) is 13.4. The molecule has 2 aromatic carbocycles. The van der Waals surface area contributed by atoms with E-state index in [2.05, 4.69) is 9.88 Å². The summed E-state index contributed by atoms with van der Waals surface area (Å²) in [5.41, 5.74) is 1.68. The number of rotatable bonds is 4. The van der Waals surface area contributed by atoms with E-state index in [-0.39, 0.29) is 10.0 Å². The van der Waals surface area contributed by atoms with Crippen molar-refractivity contribution in [3.63, 3.8) is 0 Å². The number of thiazole rings is 1. The number of anilines is 1. The zero-order valence-electron chi connectivity index (χ0n) is 14.8. The molecule has 0 N–H and O–H groups in total. The van der Waals surface area contributed by atoms with Gasteiger partial charge in [0.1, 0.15) is 10.8 Å². The van der Waals surface area contributed by atoms with Crippen LogP contribution in [0.3, 0.4) is 0 Å². The molecule has 1 aliphatic rings. The number of halogens is 2. The Kier molecular flexibility index (Phi) is 5.37. The van der Waals surface area contributed by atoms with E-state index in [9.17, 15) is 12.8 Å². The Bertz CT molecular complexity index is 1080. The maximum Gasteiger partial charge on any atom is 0.254 e. The highest BCUT2D eigenvalue weighted by molar-refractivity contribution is 7.91. The molecule has 0 spiro atoms. The van der Waals surface area contributed by atoms with Crippen molar-refractivity contribution < 1.29 is 12.8 Å². The van der Waals surface area contributed by atoms with Crippen LogP contribution in [0.15, 0.2) is 58.9 Å². The average molecular weight is 438 g/mol. The zero-order valence-corrected chi connectivity index (χ0v) is 17.1. The molecule has 1 saturated heterocycles. The van der Waals surface area contributed by atoms with Crippen molar-refractivity contribution in [1.29, 1.82) is 0 Å². The van der Waals surface area contributed by atoms with Gasteiger partial charge in [0.25, 0.3) is 10.0 Å². The van der Waals surface area contributed by atoms with Crippen molar-refractivity contribution in [2.45, 2.75) is 4.21 Å². The second kappa shape index (κ2) is 7.79. The molecular weight excluding hydrogens is 421 g/mol. The number of aromatic nitrogens is 1. The van der Waals surface area contributed by atoms with Crippen LogP contribution in [0.4, 0.5) is 10.1 Å². The van der Waals surface area contributed by atoms with E-state index in [4.69, 9.17) is 11.6 Å². The largest absolute Gasteiger partial charge is 0.369 e. The summed E-state index contributed by atoms with van der Waals surface area (Å²) in [6, 6.07) is 13.4. The lowest BCUT2D eigenvalue weighted by Gasteiger charge is -2.35. The summed E-state index contributed by atoms with van der Waals surface area (Å²) in [6.45, 7) is 1.95. The van der Waals surface area contributed by atoms with Gasteiger partial charge in [0.2, 0.25) is 0 Å². The van der Waals surface area contributed by atoms with Gasteiger partial charge in [0, 0.05) is 42.5 Å². The molecule has 9 heteroatoms. The zero-order chi connectivity index (χ0) is 19.7. The van der Waals surface area contributed by atoms with Crippen LogP contribution < -0.4 is 4.90 Å². The number of nitrogens with zero attached hydrogens (tertiary/aromatic N) is 3. The number of benzene rings is 2. The van der Waals surface area contributed by atoms with Crippen LogP contribution in [0, 0.1) is 5.82 Å². The third-order valence-corrected chi connectivity index (χ3v) is 8.20. The van der Waals surface area contributed by atoms with Crippen molar-refractivity contribution in [1.82, 2.24) is 9.29 Å². The van der Waals surface area contributed by atoms with Crippen molar-refractivity contribution in [2.24, 2.45) is 0 Å². The minimum absolute atomic E-state index is 0.197. The molecule has 5 nitrogen and oxygen atoms in total. The Morgan fingerprint density at radius 3 is 2.43 bits per heavy atom. The molecular formula is C19H17ClFN3O2S2. The van der Waals surface area contributed by atoms with Crippen molar-refractivity contribution in [2.75, 3.05) is 31.1 Å². The lowest BCUT2D eigenvalue weighted by molar-refractivity contribution is 0.386. The number of sulfonamides is 1. The van der Waals surface area contributed by atoms with Crippen LogP contribution in [-0.4, -0.2) is 43.9 Å². The Hall–Kier alpha value is -2.00. The van der Waals surface area contributed by atoms with Gasteiger partial charge in [0.15, 0.2) is 4.21 Å². The fourth-order valence-corrected chi connectivity index (χ4v) is 5.99. The van der Waals surface area contributed by atoms with E-state index in [1.54, 1.807) is 12.1 Å². The SMILES string of the molecule is O=S(=O)(c1cnc(-c2ccc(F)cc2)s1)N1CCN(c2cccc(Cl)c2)CC1. The second-order valence-corrected chi connectivity index (χ2v) is 9.99. The maximum atomic E-state index is 13.1. The molecule has 146 valence electrons. The Balaban J connectivity index is 1.48. The summed E-state index contributed by atoms with van der Waals surface area (Å²) in [7, 11) is -3.61. The fourth-order valence-electron chi connectivity index (χ4n) is 3.09. The molecule has 0 aliphatic carbocycles. The molecule has 28 heavy (non-hydrogen) atoms. The summed E-state index contributed by atoms with van der Waals surface area (Å²) < 4.78 is 40.7. The Morgan fingerprint density at radius 1 is 1.04 bits per heavy atom. The first kappa shape index (κ1) is 19.3. The predicted molar refractivity (Wildman–Crippen MR) is 110 cm³/mol. The van der Waals surface area contributed by atoms with Crippen LogP contribution in [0.1, 0.15) is 0 Å². The summed E-state index contributed by atoms with van der Waals surface area (Å²) in [5.74, 6) is -0.342. The summed E-state index contributed by atoms with van der Waals surface area (Å²) in [5, 5.41) is 1.21. The topological polar surface area (TPSA) is 53.5 Å². The lowest BCUT2D eigenvalue weighted by Crippen LogP contribution is -2.48. The van der Waals surface area contributed by atoms with E-state index in [1.165, 1.54) is 22.6 Å². The highest BCUT2D eigenvalue weighted by Gasteiger charge is 2.30. The molecule has 1 aromatic heterocycles. The van der Waals surface area contributed by atoms with E-state index in [1.807, 2.05) is 24.3 Å². The summed E-state index contributed by atoms with van der Waals surface area (Å²) in [4.78, 5) is 6.33. The molecule has 1 aliphatic heterocycles. The van der Waals surface area contributed by atoms with Crippen molar-refractivity contribution >= 4 is 38.6 Å². The quantitative estimate of drug-likeness (QED) is 0.616. The van der Waals surface area contributed by atoms with E-state index >= 15 is 0 Å². The van der Waals surface area contributed by atoms with Gasteiger partial charge in [-0.05, 0) is 42.5 Å². The number of hydrogen-bond acceptors (Lipinski definition) is 5. The standard InChI is InChI=1S/C19H17ClFN3O2S2/c20-15-2-1-3-17(12-15)23-8-10-24(11-9-23)28(25,26)18-13-22-19(27-18)14-4-6-16(21)7-5-14/h1-7,12-13H,8-11H2. The second-order valence-electron chi connectivity index (χ2n) is 6.36. The van der Waals surface area contributed by atoms with Crippen molar-refractivity contribution in [3.8, 4) is 10.6 Å². The molecule has 0 amide bonds. The third-order valence-electron chi connectivity index (χ3n) is 4.58. The molecule has 0 atom stereocenters. The number of piperazine rings is 1. The van der Waals surface area contributed by atoms with E-state index < -0.39 is 10.0 Å². The van der Waals surface area contributed by atoms with Gasteiger partial charge in [-0.3, -0.25) is 0 Å². The molecule has 0 radical (unpaired) electrons. The van der Waals surface area contributed by atoms with E-state index in [0.717, 1.165) is 17.0 Å². The van der Waals surface area contributed by atoms with Crippen LogP contribution in [0.25, 0.3) is 10.6 Å². The molecule has 3 aromatic rings. The third kappa shape index (κ3) is 3.91. The van der Waals surface area contributed by atoms with Gasteiger partial charge in [0.05, 0.1) is 6.20 Å². The van der Waals surface area contributed by atoms with Gasteiger partial charge < -0.3 is 4.90 Å². The summed E-state index contributed by atoms with van der Waals surface area (Å²) >= 11 is 7.14. The highest BCUT2D eigenvalue weighted by atomic mass is 35.5.